The Morgan fingerprint density at radius 3 is 2.53 bits per heavy atom. The minimum atomic E-state index is -0.466. The van der Waals surface area contributed by atoms with Gasteiger partial charge in [-0.1, -0.05) is 0 Å². The van der Waals surface area contributed by atoms with Gasteiger partial charge in [0.2, 0.25) is 0 Å². The van der Waals surface area contributed by atoms with Gasteiger partial charge in [-0.2, -0.15) is 5.10 Å². The number of rotatable bonds is 8. The quantitative estimate of drug-likeness (QED) is 0.312. The maximum atomic E-state index is 13.1. The third-order valence-corrected chi connectivity index (χ3v) is 4.99. The van der Waals surface area contributed by atoms with E-state index in [4.69, 9.17) is 0 Å². The first-order chi connectivity index (χ1) is 14.3. The van der Waals surface area contributed by atoms with Crippen molar-refractivity contribution in [3.8, 4) is 11.3 Å². The molecule has 0 aliphatic carbocycles. The fourth-order valence-electron chi connectivity index (χ4n) is 3.37. The van der Waals surface area contributed by atoms with E-state index in [0.717, 1.165) is 23.4 Å². The van der Waals surface area contributed by atoms with Gasteiger partial charge in [0.15, 0.2) is 5.78 Å². The molecule has 3 rings (SSSR count). The first-order valence-electron chi connectivity index (χ1n) is 9.55. The third kappa shape index (κ3) is 4.71. The molecule has 0 atom stereocenters. The predicted molar refractivity (Wildman–Crippen MR) is 113 cm³/mol. The molecule has 1 aromatic heterocycles. The number of carbonyl (C=O) groups excluding carboxylic acids is 1. The Labute approximate surface area is 173 Å². The summed E-state index contributed by atoms with van der Waals surface area (Å²) in [5, 5.41) is 15.9. The fraction of sp³-hybridized carbons (Fsp3) is 0.273. The average Bonchev–Trinajstić information content (AvgIpc) is 3.08. The standard InChI is InChI=1S/C22H23FN4O3/c1-15(28)17-8-11-20(22(13-17)27(29)30)25(2)12-4-5-19-14-21(26(3)24-19)16-6-9-18(23)10-7-16/h6-11,13-14H,4-5,12H2,1-3H3. The van der Waals surface area contributed by atoms with E-state index in [1.807, 2.05) is 18.0 Å². The zero-order valence-corrected chi connectivity index (χ0v) is 17.1. The van der Waals surface area contributed by atoms with Crippen molar-refractivity contribution in [2.45, 2.75) is 19.8 Å². The summed E-state index contributed by atoms with van der Waals surface area (Å²) < 4.78 is 14.9. The minimum absolute atomic E-state index is 0.0818. The van der Waals surface area contributed by atoms with E-state index < -0.39 is 4.92 Å². The number of nitrogens with zero attached hydrogens (tertiary/aromatic N) is 4. The SMILES string of the molecule is CC(=O)c1ccc(N(C)CCCc2cc(-c3ccc(F)cc3)n(C)n2)c([N+](=O)[O-])c1. The summed E-state index contributed by atoms with van der Waals surface area (Å²) >= 11 is 0. The van der Waals surface area contributed by atoms with E-state index in [1.165, 1.54) is 25.1 Å². The number of carbonyl (C=O) groups is 1. The van der Waals surface area contributed by atoms with Gasteiger partial charge in [-0.3, -0.25) is 19.6 Å². The van der Waals surface area contributed by atoms with Gasteiger partial charge in [0.05, 0.1) is 16.3 Å². The first-order valence-corrected chi connectivity index (χ1v) is 9.55. The molecular formula is C22H23FN4O3. The Morgan fingerprint density at radius 1 is 1.20 bits per heavy atom. The molecule has 0 bridgehead atoms. The maximum absolute atomic E-state index is 13.1. The highest BCUT2D eigenvalue weighted by Gasteiger charge is 2.19. The monoisotopic (exact) mass is 410 g/mol. The van der Waals surface area contributed by atoms with E-state index >= 15 is 0 Å². The van der Waals surface area contributed by atoms with Crippen LogP contribution in [-0.4, -0.2) is 34.1 Å². The lowest BCUT2D eigenvalue weighted by atomic mass is 10.1. The van der Waals surface area contributed by atoms with Crippen LogP contribution in [0.1, 0.15) is 29.4 Å². The molecule has 8 heteroatoms. The normalized spacial score (nSPS) is 10.8. The molecule has 156 valence electrons. The lowest BCUT2D eigenvalue weighted by Gasteiger charge is -2.19. The van der Waals surface area contributed by atoms with Gasteiger partial charge in [0, 0.05) is 32.3 Å². The Kier molecular flexibility index (Phi) is 6.25. The summed E-state index contributed by atoms with van der Waals surface area (Å²) in [7, 11) is 3.63. The van der Waals surface area contributed by atoms with E-state index in [1.54, 1.807) is 36.0 Å². The molecule has 0 aliphatic heterocycles. The zero-order chi connectivity index (χ0) is 21.8. The molecule has 7 nitrogen and oxygen atoms in total. The van der Waals surface area contributed by atoms with Crippen LogP contribution < -0.4 is 4.90 Å². The van der Waals surface area contributed by atoms with Crippen LogP contribution in [0.4, 0.5) is 15.8 Å². The van der Waals surface area contributed by atoms with Gasteiger partial charge in [0.25, 0.3) is 5.69 Å². The molecule has 3 aromatic rings. The molecule has 0 spiro atoms. The Bertz CT molecular complexity index is 1080. The van der Waals surface area contributed by atoms with Crippen molar-refractivity contribution in [1.82, 2.24) is 9.78 Å². The molecule has 0 amide bonds. The van der Waals surface area contributed by atoms with Crippen LogP contribution in [0.5, 0.6) is 0 Å². The summed E-state index contributed by atoms with van der Waals surface area (Å²) in [4.78, 5) is 24.3. The second-order valence-electron chi connectivity index (χ2n) is 7.19. The van der Waals surface area contributed by atoms with Crippen LogP contribution in [0.3, 0.4) is 0 Å². The van der Waals surface area contributed by atoms with Crippen LogP contribution in [-0.2, 0) is 13.5 Å². The highest BCUT2D eigenvalue weighted by molar-refractivity contribution is 5.95. The van der Waals surface area contributed by atoms with E-state index in [2.05, 4.69) is 5.10 Å². The van der Waals surface area contributed by atoms with Crippen LogP contribution in [0, 0.1) is 15.9 Å². The van der Waals surface area contributed by atoms with Gasteiger partial charge in [-0.15, -0.1) is 0 Å². The lowest BCUT2D eigenvalue weighted by molar-refractivity contribution is -0.384. The van der Waals surface area contributed by atoms with Crippen molar-refractivity contribution >= 4 is 17.2 Å². The van der Waals surface area contributed by atoms with Crippen molar-refractivity contribution in [2.75, 3.05) is 18.5 Å². The largest absolute Gasteiger partial charge is 0.369 e. The van der Waals surface area contributed by atoms with Crippen LogP contribution in [0.15, 0.2) is 48.5 Å². The Morgan fingerprint density at radius 2 is 1.90 bits per heavy atom. The molecule has 0 fully saturated rings. The summed E-state index contributed by atoms with van der Waals surface area (Å²) in [6.45, 7) is 1.97. The predicted octanol–water partition coefficient (Wildman–Crippen LogP) is 4.41. The Balaban J connectivity index is 1.67. The smallest absolute Gasteiger partial charge is 0.293 e. The van der Waals surface area contributed by atoms with Crippen LogP contribution in [0.25, 0.3) is 11.3 Å². The summed E-state index contributed by atoms with van der Waals surface area (Å²) in [6.07, 6.45) is 1.43. The van der Waals surface area contributed by atoms with Crippen molar-refractivity contribution in [1.29, 1.82) is 0 Å². The van der Waals surface area contributed by atoms with Crippen LogP contribution in [0.2, 0.25) is 0 Å². The summed E-state index contributed by atoms with van der Waals surface area (Å²) in [5.74, 6) is -0.492. The second-order valence-corrected chi connectivity index (χ2v) is 7.19. The molecule has 30 heavy (non-hydrogen) atoms. The van der Waals surface area contributed by atoms with Crippen molar-refractivity contribution in [3.63, 3.8) is 0 Å². The summed E-state index contributed by atoms with van der Waals surface area (Å²) in [5.41, 5.74) is 3.39. The highest BCUT2D eigenvalue weighted by Crippen LogP contribution is 2.29. The van der Waals surface area contributed by atoms with Crippen molar-refractivity contribution in [2.24, 2.45) is 7.05 Å². The molecule has 0 radical (unpaired) electrons. The number of ketones is 1. The van der Waals surface area contributed by atoms with Crippen molar-refractivity contribution in [3.05, 3.63) is 75.7 Å². The van der Waals surface area contributed by atoms with E-state index in [0.29, 0.717) is 24.2 Å². The molecule has 0 saturated carbocycles. The topological polar surface area (TPSA) is 81.3 Å². The van der Waals surface area contributed by atoms with Gasteiger partial charge in [0.1, 0.15) is 11.5 Å². The zero-order valence-electron chi connectivity index (χ0n) is 17.1. The Hall–Kier alpha value is -3.55. The summed E-state index contributed by atoms with van der Waals surface area (Å²) in [6, 6.07) is 12.8. The highest BCUT2D eigenvalue weighted by atomic mass is 19.1. The fourth-order valence-corrected chi connectivity index (χ4v) is 3.37. The number of aromatic nitrogens is 2. The maximum Gasteiger partial charge on any atom is 0.293 e. The number of anilines is 1. The number of Topliss-reactive ketones (excluding diaryl/α,β-unsaturated/α-hetero) is 1. The molecule has 0 saturated heterocycles. The average molecular weight is 410 g/mol. The number of nitro benzene ring substituents is 1. The van der Waals surface area contributed by atoms with Gasteiger partial charge in [-0.25, -0.2) is 4.39 Å². The first kappa shape index (κ1) is 21.2. The molecule has 0 N–H and O–H groups in total. The molecule has 1 heterocycles. The van der Waals surface area contributed by atoms with E-state index in [9.17, 15) is 19.3 Å². The van der Waals surface area contributed by atoms with Crippen molar-refractivity contribution < 1.29 is 14.1 Å². The number of hydrogen-bond donors (Lipinski definition) is 0. The molecule has 2 aromatic carbocycles. The lowest BCUT2D eigenvalue weighted by Crippen LogP contribution is -2.20. The van der Waals surface area contributed by atoms with Crippen LogP contribution >= 0.6 is 0 Å². The van der Waals surface area contributed by atoms with Gasteiger partial charge >= 0.3 is 0 Å². The number of benzene rings is 2. The molecular weight excluding hydrogens is 387 g/mol. The number of hydrogen-bond acceptors (Lipinski definition) is 5. The third-order valence-electron chi connectivity index (χ3n) is 4.99. The number of halogens is 1. The molecule has 0 aliphatic rings. The number of aryl methyl sites for hydroxylation is 2. The minimum Gasteiger partial charge on any atom is -0.369 e. The number of nitro groups is 1. The van der Waals surface area contributed by atoms with E-state index in [-0.39, 0.29) is 17.3 Å². The van der Waals surface area contributed by atoms with Gasteiger partial charge in [-0.05, 0) is 67.8 Å². The van der Waals surface area contributed by atoms with Gasteiger partial charge < -0.3 is 4.90 Å². The molecule has 0 unspecified atom stereocenters. The second kappa shape index (κ2) is 8.86.